The Hall–Kier alpha value is -4.24. The van der Waals surface area contributed by atoms with E-state index < -0.39 is 11.8 Å². The average Bonchev–Trinajstić information content (AvgIpc) is 3.49. The number of nitrogens with zero attached hydrogens (tertiary/aromatic N) is 2. The number of amides is 2. The van der Waals surface area contributed by atoms with E-state index in [1.165, 1.54) is 12.8 Å². The third-order valence-electron chi connectivity index (χ3n) is 6.12. The zero-order valence-corrected chi connectivity index (χ0v) is 19.3. The number of ether oxygens (including phenoxy) is 1. The van der Waals surface area contributed by atoms with Crippen molar-refractivity contribution in [2.45, 2.75) is 6.54 Å². The Balaban J connectivity index is 1.25. The van der Waals surface area contributed by atoms with Crippen LogP contribution in [0.4, 0.5) is 11.4 Å². The number of anilines is 2. The zero-order chi connectivity index (χ0) is 24.4. The number of nitrogens with two attached hydrogens (primary N) is 1. The fourth-order valence-electron chi connectivity index (χ4n) is 4.28. The van der Waals surface area contributed by atoms with Gasteiger partial charge in [0.05, 0.1) is 13.7 Å². The van der Waals surface area contributed by atoms with Crippen LogP contribution in [0, 0.1) is 0 Å². The van der Waals surface area contributed by atoms with Gasteiger partial charge in [-0.25, -0.2) is 0 Å². The lowest BCUT2D eigenvalue weighted by molar-refractivity contribution is 0.0977. The first-order valence-corrected chi connectivity index (χ1v) is 11.3. The number of nitrogens with one attached hydrogen (secondary N) is 1. The lowest BCUT2D eigenvalue weighted by Crippen LogP contribution is -2.45. The van der Waals surface area contributed by atoms with Crippen LogP contribution >= 0.6 is 0 Å². The van der Waals surface area contributed by atoms with Gasteiger partial charge in [0.25, 0.3) is 11.8 Å². The van der Waals surface area contributed by atoms with Crippen LogP contribution < -0.4 is 20.7 Å². The number of primary amides is 1. The van der Waals surface area contributed by atoms with Crippen molar-refractivity contribution in [3.05, 3.63) is 77.9 Å². The van der Waals surface area contributed by atoms with Crippen molar-refractivity contribution in [1.82, 2.24) is 4.90 Å². The van der Waals surface area contributed by atoms with Gasteiger partial charge < -0.3 is 29.5 Å². The molecule has 0 radical (unpaired) electrons. The largest absolute Gasteiger partial charge is 0.497 e. The van der Waals surface area contributed by atoms with Gasteiger partial charge in [-0.15, -0.1) is 0 Å². The maximum atomic E-state index is 12.9. The van der Waals surface area contributed by atoms with Gasteiger partial charge in [0.1, 0.15) is 22.8 Å². The van der Waals surface area contributed by atoms with E-state index in [0.717, 1.165) is 26.2 Å². The van der Waals surface area contributed by atoms with Crippen LogP contribution in [0.1, 0.15) is 26.9 Å². The molecule has 2 aromatic heterocycles. The second-order valence-corrected chi connectivity index (χ2v) is 8.35. The van der Waals surface area contributed by atoms with E-state index in [4.69, 9.17) is 19.3 Å². The number of rotatable bonds is 7. The van der Waals surface area contributed by atoms with Gasteiger partial charge in [0, 0.05) is 43.3 Å². The van der Waals surface area contributed by atoms with E-state index in [1.54, 1.807) is 30.3 Å². The number of carbonyl (C=O) groups is 2. The van der Waals surface area contributed by atoms with E-state index in [1.807, 2.05) is 18.2 Å². The summed E-state index contributed by atoms with van der Waals surface area (Å²) in [5.74, 6) is -0.0251. The average molecular weight is 475 g/mol. The molecule has 2 amide bonds. The fraction of sp³-hybridized carbons (Fsp3) is 0.231. The summed E-state index contributed by atoms with van der Waals surface area (Å²) < 4.78 is 16.6. The number of hydrogen-bond donors (Lipinski definition) is 2. The van der Waals surface area contributed by atoms with E-state index in [-0.39, 0.29) is 17.2 Å². The van der Waals surface area contributed by atoms with Crippen LogP contribution in [0.25, 0.3) is 11.0 Å². The summed E-state index contributed by atoms with van der Waals surface area (Å²) in [5, 5.41) is 3.26. The van der Waals surface area contributed by atoms with E-state index in [9.17, 15) is 9.59 Å². The first kappa shape index (κ1) is 22.5. The highest BCUT2D eigenvalue weighted by atomic mass is 16.5. The molecule has 9 nitrogen and oxygen atoms in total. The first-order valence-electron chi connectivity index (χ1n) is 11.3. The van der Waals surface area contributed by atoms with Crippen molar-refractivity contribution in [3.63, 3.8) is 0 Å². The van der Waals surface area contributed by atoms with E-state index in [2.05, 4.69) is 27.2 Å². The maximum absolute atomic E-state index is 12.9. The smallest absolute Gasteiger partial charge is 0.291 e. The number of benzene rings is 2. The summed E-state index contributed by atoms with van der Waals surface area (Å²) >= 11 is 0. The number of hydrogen-bond acceptors (Lipinski definition) is 7. The summed E-state index contributed by atoms with van der Waals surface area (Å²) in [6, 6.07) is 18.8. The molecule has 0 unspecified atom stereocenters. The van der Waals surface area contributed by atoms with Crippen LogP contribution in [0.2, 0.25) is 0 Å². The van der Waals surface area contributed by atoms with Gasteiger partial charge in [0.2, 0.25) is 5.76 Å². The van der Waals surface area contributed by atoms with Gasteiger partial charge in [-0.3, -0.25) is 14.5 Å². The third kappa shape index (κ3) is 4.71. The summed E-state index contributed by atoms with van der Waals surface area (Å²) in [7, 11) is 1.53. The number of furan rings is 2. The highest BCUT2D eigenvalue weighted by Crippen LogP contribution is 2.33. The molecule has 1 aliphatic heterocycles. The van der Waals surface area contributed by atoms with Crippen LogP contribution in [0.5, 0.6) is 5.75 Å². The first-order chi connectivity index (χ1) is 17.0. The Morgan fingerprint density at radius 3 is 2.49 bits per heavy atom. The van der Waals surface area contributed by atoms with Crippen LogP contribution in [-0.4, -0.2) is 50.0 Å². The van der Waals surface area contributed by atoms with Crippen LogP contribution in [0.3, 0.4) is 0 Å². The SMILES string of the molecule is COc1ccc2c(NC(=O)c3ccc(CN4CCN(c5ccccc5)CC4)o3)c(C(N)=O)oc2c1. The number of carbonyl (C=O) groups excluding carboxylic acids is 2. The molecule has 180 valence electrons. The lowest BCUT2D eigenvalue weighted by atomic mass is 10.2. The topological polar surface area (TPSA) is 114 Å². The molecule has 3 heterocycles. The van der Waals surface area contributed by atoms with Gasteiger partial charge in [-0.1, -0.05) is 18.2 Å². The molecule has 1 fully saturated rings. The Labute approximate surface area is 202 Å². The summed E-state index contributed by atoms with van der Waals surface area (Å²) in [4.78, 5) is 29.5. The van der Waals surface area contributed by atoms with Crippen molar-refractivity contribution in [3.8, 4) is 5.75 Å². The van der Waals surface area contributed by atoms with Crippen molar-refractivity contribution in [2.75, 3.05) is 43.5 Å². The molecule has 1 aliphatic rings. The van der Waals surface area contributed by atoms with Gasteiger partial charge in [-0.05, 0) is 36.4 Å². The molecule has 5 rings (SSSR count). The van der Waals surface area contributed by atoms with Gasteiger partial charge >= 0.3 is 0 Å². The second-order valence-electron chi connectivity index (χ2n) is 8.35. The van der Waals surface area contributed by atoms with Crippen molar-refractivity contribution < 1.29 is 23.2 Å². The Bertz CT molecular complexity index is 1350. The molecule has 1 saturated heterocycles. The summed E-state index contributed by atoms with van der Waals surface area (Å²) in [6.07, 6.45) is 0. The molecule has 2 aromatic carbocycles. The molecule has 0 spiro atoms. The minimum atomic E-state index is -0.787. The number of methoxy groups -OCH3 is 1. The standard InChI is InChI=1S/C26H26N4O5/c1-33-18-7-9-20-22(15-18)35-24(25(27)31)23(20)28-26(32)21-10-8-19(34-21)16-29-11-13-30(14-12-29)17-5-3-2-4-6-17/h2-10,15H,11-14,16H2,1H3,(H2,27,31)(H,28,32). The van der Waals surface area contributed by atoms with Crippen molar-refractivity contribution >= 4 is 34.2 Å². The summed E-state index contributed by atoms with van der Waals surface area (Å²) in [5.41, 5.74) is 7.28. The minimum Gasteiger partial charge on any atom is -0.497 e. The van der Waals surface area contributed by atoms with Gasteiger partial charge in [0.15, 0.2) is 5.76 Å². The lowest BCUT2D eigenvalue weighted by Gasteiger charge is -2.35. The Morgan fingerprint density at radius 2 is 1.77 bits per heavy atom. The number of para-hydroxylation sites is 1. The molecule has 0 bridgehead atoms. The predicted molar refractivity (Wildman–Crippen MR) is 132 cm³/mol. The normalized spacial score (nSPS) is 14.3. The molecule has 0 saturated carbocycles. The highest BCUT2D eigenvalue weighted by Gasteiger charge is 2.23. The van der Waals surface area contributed by atoms with Crippen molar-refractivity contribution in [2.24, 2.45) is 5.73 Å². The van der Waals surface area contributed by atoms with Crippen LogP contribution in [-0.2, 0) is 6.54 Å². The zero-order valence-electron chi connectivity index (χ0n) is 19.3. The Kier molecular flexibility index (Phi) is 6.15. The molecule has 0 aliphatic carbocycles. The number of piperazine rings is 1. The predicted octanol–water partition coefficient (Wildman–Crippen LogP) is 3.71. The van der Waals surface area contributed by atoms with Crippen molar-refractivity contribution in [1.29, 1.82) is 0 Å². The monoisotopic (exact) mass is 474 g/mol. The third-order valence-corrected chi connectivity index (χ3v) is 6.12. The van der Waals surface area contributed by atoms with E-state index >= 15 is 0 Å². The second kappa shape index (κ2) is 9.55. The molecular formula is C26H26N4O5. The van der Waals surface area contributed by atoms with Gasteiger partial charge in [-0.2, -0.15) is 0 Å². The quantitative estimate of drug-likeness (QED) is 0.420. The van der Waals surface area contributed by atoms with E-state index in [0.29, 0.717) is 29.0 Å². The molecular weight excluding hydrogens is 448 g/mol. The Morgan fingerprint density at radius 1 is 1.00 bits per heavy atom. The molecule has 9 heteroatoms. The fourth-order valence-corrected chi connectivity index (χ4v) is 4.28. The number of fused-ring (bicyclic) bond motifs is 1. The molecule has 3 N–H and O–H groups in total. The van der Waals surface area contributed by atoms with Crippen LogP contribution in [0.15, 0.2) is 69.5 Å². The summed E-state index contributed by atoms with van der Waals surface area (Å²) in [6.45, 7) is 4.24. The molecule has 4 aromatic rings. The molecule has 0 atom stereocenters. The highest BCUT2D eigenvalue weighted by molar-refractivity contribution is 6.13. The minimum absolute atomic E-state index is 0.135. The maximum Gasteiger partial charge on any atom is 0.291 e. The molecule has 35 heavy (non-hydrogen) atoms.